The molecule has 0 aliphatic carbocycles. The van der Waals surface area contributed by atoms with Crippen molar-refractivity contribution in [2.24, 2.45) is 5.73 Å². The molecule has 8 heteroatoms. The highest BCUT2D eigenvalue weighted by Gasteiger charge is 2.15. The lowest BCUT2D eigenvalue weighted by Gasteiger charge is -2.09. The summed E-state index contributed by atoms with van der Waals surface area (Å²) in [6.07, 6.45) is 4.84. The Morgan fingerprint density at radius 2 is 2.33 bits per heavy atom. The number of nitrogens with zero attached hydrogens (tertiary/aromatic N) is 1. The van der Waals surface area contributed by atoms with E-state index >= 15 is 0 Å². The molecule has 7 nitrogen and oxygen atoms in total. The van der Waals surface area contributed by atoms with Gasteiger partial charge in [-0.1, -0.05) is 0 Å². The monoisotopic (exact) mass is 274 g/mol. The van der Waals surface area contributed by atoms with Gasteiger partial charge in [0, 0.05) is 27.4 Å². The Morgan fingerprint density at radius 3 is 2.89 bits per heavy atom. The lowest BCUT2D eigenvalue weighted by Crippen LogP contribution is -2.32. The SMILES string of the molecule is N=S(=O)(CCCc1cn[nH]c1)CC[C@H](N)C(=O)O. The van der Waals surface area contributed by atoms with Crippen LogP contribution in [0, 0.1) is 4.78 Å². The number of carboxylic acids is 1. The van der Waals surface area contributed by atoms with E-state index in [1.807, 2.05) is 0 Å². The van der Waals surface area contributed by atoms with E-state index in [1.54, 1.807) is 12.4 Å². The van der Waals surface area contributed by atoms with Crippen LogP contribution in [0.15, 0.2) is 12.4 Å². The number of H-pyrrole nitrogens is 1. The number of aliphatic carboxylic acids is 1. The fourth-order valence-electron chi connectivity index (χ4n) is 1.47. The average molecular weight is 274 g/mol. The van der Waals surface area contributed by atoms with Crippen LogP contribution >= 0.6 is 0 Å². The molecule has 5 N–H and O–H groups in total. The Balaban J connectivity index is 2.29. The van der Waals surface area contributed by atoms with Crippen LogP contribution in [0.2, 0.25) is 0 Å². The molecule has 1 aromatic heterocycles. The average Bonchev–Trinajstić information content (AvgIpc) is 2.78. The Bertz CT molecular complexity index is 469. The molecule has 0 saturated carbocycles. The number of carbonyl (C=O) groups is 1. The highest BCUT2D eigenvalue weighted by Crippen LogP contribution is 2.05. The minimum Gasteiger partial charge on any atom is -0.480 e. The van der Waals surface area contributed by atoms with E-state index in [0.29, 0.717) is 12.8 Å². The maximum absolute atomic E-state index is 11.8. The van der Waals surface area contributed by atoms with Crippen molar-refractivity contribution >= 4 is 15.7 Å². The van der Waals surface area contributed by atoms with Crippen LogP contribution in [-0.2, 0) is 20.9 Å². The fraction of sp³-hybridized carbons (Fsp3) is 0.600. The molecule has 0 spiro atoms. The van der Waals surface area contributed by atoms with Crippen LogP contribution in [0.1, 0.15) is 18.4 Å². The van der Waals surface area contributed by atoms with E-state index in [9.17, 15) is 9.00 Å². The van der Waals surface area contributed by atoms with Gasteiger partial charge >= 0.3 is 5.97 Å². The van der Waals surface area contributed by atoms with Gasteiger partial charge in [0.05, 0.1) is 6.20 Å². The molecule has 102 valence electrons. The van der Waals surface area contributed by atoms with Crippen molar-refractivity contribution in [1.82, 2.24) is 10.2 Å². The maximum Gasteiger partial charge on any atom is 0.320 e. The first-order chi connectivity index (χ1) is 8.41. The lowest BCUT2D eigenvalue weighted by atomic mass is 10.2. The number of nitrogens with two attached hydrogens (primary N) is 1. The van der Waals surface area contributed by atoms with Crippen LogP contribution in [0.5, 0.6) is 0 Å². The third-order valence-electron chi connectivity index (χ3n) is 2.57. The number of nitrogens with one attached hydrogen (secondary N) is 2. The van der Waals surface area contributed by atoms with Crippen molar-refractivity contribution in [2.75, 3.05) is 11.5 Å². The van der Waals surface area contributed by atoms with Crippen LogP contribution in [0.25, 0.3) is 0 Å². The van der Waals surface area contributed by atoms with E-state index in [-0.39, 0.29) is 17.9 Å². The van der Waals surface area contributed by atoms with Gasteiger partial charge in [0.15, 0.2) is 0 Å². The standard InChI is InChI=1S/C10H18N4O3S/c11-9(10(15)16)3-5-18(12,17)4-1-2-8-6-13-14-7-8/h6-7,9,12H,1-5,11H2,(H,13,14)(H,15,16)/t9-,18?/m0/s1. The second kappa shape index (κ2) is 6.50. The van der Waals surface area contributed by atoms with Gasteiger partial charge in [-0.15, -0.1) is 0 Å². The highest BCUT2D eigenvalue weighted by molar-refractivity contribution is 7.92. The Labute approximate surface area is 106 Å². The Hall–Kier alpha value is -1.41. The number of rotatable bonds is 8. The molecule has 0 aliphatic heterocycles. The number of hydrogen-bond donors (Lipinski definition) is 4. The van der Waals surface area contributed by atoms with Gasteiger partial charge in [0.2, 0.25) is 0 Å². The predicted octanol–water partition coefficient (Wildman–Crippen LogP) is 0.191. The molecule has 1 rings (SSSR count). The highest BCUT2D eigenvalue weighted by atomic mass is 32.2. The lowest BCUT2D eigenvalue weighted by molar-refractivity contribution is -0.138. The minimum absolute atomic E-state index is 0.0336. The summed E-state index contributed by atoms with van der Waals surface area (Å²) in [5, 5.41) is 15.1. The van der Waals surface area contributed by atoms with Crippen LogP contribution in [0.4, 0.5) is 0 Å². The summed E-state index contributed by atoms with van der Waals surface area (Å²) in [5.74, 6) is -0.834. The third-order valence-corrected chi connectivity index (χ3v) is 4.41. The second-order valence-electron chi connectivity index (χ2n) is 4.16. The first-order valence-corrected chi connectivity index (χ1v) is 7.50. The van der Waals surface area contributed by atoms with Gasteiger partial charge in [0.1, 0.15) is 6.04 Å². The van der Waals surface area contributed by atoms with Gasteiger partial charge in [-0.3, -0.25) is 14.7 Å². The molecule has 1 heterocycles. The summed E-state index contributed by atoms with van der Waals surface area (Å²) < 4.78 is 19.5. The van der Waals surface area contributed by atoms with Gasteiger partial charge in [0.25, 0.3) is 0 Å². The van der Waals surface area contributed by atoms with Crippen LogP contribution in [-0.4, -0.2) is 43.0 Å². The van der Waals surface area contributed by atoms with Crippen molar-refractivity contribution in [3.8, 4) is 0 Å². The molecule has 0 fully saturated rings. The van der Waals surface area contributed by atoms with Crippen LogP contribution < -0.4 is 5.73 Å². The summed E-state index contributed by atoms with van der Waals surface area (Å²) in [5.41, 5.74) is 6.32. The molecule has 18 heavy (non-hydrogen) atoms. The minimum atomic E-state index is -2.74. The smallest absolute Gasteiger partial charge is 0.320 e. The van der Waals surface area contributed by atoms with Crippen molar-refractivity contribution in [2.45, 2.75) is 25.3 Å². The first-order valence-electron chi connectivity index (χ1n) is 5.61. The van der Waals surface area contributed by atoms with Crippen LogP contribution in [0.3, 0.4) is 0 Å². The fourth-order valence-corrected chi connectivity index (χ4v) is 2.92. The molecule has 1 unspecified atom stereocenters. The number of aromatic nitrogens is 2. The Kier molecular flexibility index (Phi) is 5.29. The zero-order chi connectivity index (χ0) is 13.6. The van der Waals surface area contributed by atoms with Crippen molar-refractivity contribution in [3.05, 3.63) is 18.0 Å². The summed E-state index contributed by atoms with van der Waals surface area (Å²) in [6, 6.07) is -1.04. The Morgan fingerprint density at radius 1 is 1.61 bits per heavy atom. The molecule has 0 aliphatic rings. The molecule has 2 atom stereocenters. The number of carboxylic acid groups (broad SMARTS) is 1. The quantitative estimate of drug-likeness (QED) is 0.537. The molecule has 0 bridgehead atoms. The molecule has 1 aromatic rings. The maximum atomic E-state index is 11.8. The number of aromatic amines is 1. The summed E-state index contributed by atoms with van der Waals surface area (Å²) in [7, 11) is -2.74. The molecule has 0 amide bonds. The third kappa shape index (κ3) is 5.28. The largest absolute Gasteiger partial charge is 0.480 e. The normalized spacial score (nSPS) is 16.1. The number of hydrogen-bond acceptors (Lipinski definition) is 5. The van der Waals surface area contributed by atoms with E-state index in [1.165, 1.54) is 0 Å². The van der Waals surface area contributed by atoms with E-state index in [2.05, 4.69) is 10.2 Å². The zero-order valence-electron chi connectivity index (χ0n) is 9.96. The molecule has 0 saturated heterocycles. The first kappa shape index (κ1) is 14.7. The second-order valence-corrected chi connectivity index (χ2v) is 6.60. The van der Waals surface area contributed by atoms with Gasteiger partial charge in [-0.2, -0.15) is 5.10 Å². The molecule has 0 aromatic carbocycles. The van der Waals surface area contributed by atoms with E-state index in [4.69, 9.17) is 15.6 Å². The van der Waals surface area contributed by atoms with Gasteiger partial charge in [-0.05, 0) is 24.8 Å². The molecule has 0 radical (unpaired) electrons. The van der Waals surface area contributed by atoms with Gasteiger partial charge < -0.3 is 10.8 Å². The van der Waals surface area contributed by atoms with E-state index in [0.717, 1.165) is 5.56 Å². The van der Waals surface area contributed by atoms with Crippen molar-refractivity contribution < 1.29 is 14.1 Å². The summed E-state index contributed by atoms with van der Waals surface area (Å²) in [4.78, 5) is 10.5. The topological polar surface area (TPSA) is 133 Å². The zero-order valence-corrected chi connectivity index (χ0v) is 10.8. The van der Waals surface area contributed by atoms with E-state index < -0.39 is 21.7 Å². The summed E-state index contributed by atoms with van der Waals surface area (Å²) in [6.45, 7) is 0. The predicted molar refractivity (Wildman–Crippen MR) is 67.7 cm³/mol. The van der Waals surface area contributed by atoms with Gasteiger partial charge in [-0.25, -0.2) is 4.21 Å². The van der Waals surface area contributed by atoms with Crippen molar-refractivity contribution in [3.63, 3.8) is 0 Å². The summed E-state index contributed by atoms with van der Waals surface area (Å²) >= 11 is 0. The van der Waals surface area contributed by atoms with Crippen molar-refractivity contribution in [1.29, 1.82) is 4.78 Å². The number of aryl methyl sites for hydroxylation is 1. The molecular weight excluding hydrogens is 256 g/mol. The molecular formula is C10H18N4O3S.